The fourth-order valence-electron chi connectivity index (χ4n) is 0.825. The van der Waals surface area contributed by atoms with Gasteiger partial charge in [0.05, 0.1) is 12.1 Å². The first-order valence-corrected chi connectivity index (χ1v) is 4.79. The van der Waals surface area contributed by atoms with Crippen LogP contribution in [0.4, 0.5) is 0 Å². The normalized spacial score (nSPS) is 10.5. The van der Waals surface area contributed by atoms with Crippen LogP contribution >= 0.6 is 34.8 Å². The second-order valence-electron chi connectivity index (χ2n) is 2.79. The molecule has 0 N–H and O–H groups in total. The van der Waals surface area contributed by atoms with Crippen molar-refractivity contribution in [3.63, 3.8) is 0 Å². The van der Waals surface area contributed by atoms with Crippen molar-refractivity contribution in [2.75, 3.05) is 0 Å². The van der Waals surface area contributed by atoms with Crippen LogP contribution in [0.15, 0.2) is 0 Å². The molecule has 0 aliphatic heterocycles. The number of rotatable bonds is 1. The molecule has 0 fully saturated rings. The summed E-state index contributed by atoms with van der Waals surface area (Å²) in [6, 6.07) is 3.56. The molecule has 7 heteroatoms. The molecule has 0 aliphatic carbocycles. The fourth-order valence-corrected chi connectivity index (χ4v) is 1.44. The molecule has 0 bridgehead atoms. The number of halogens is 3. The van der Waals surface area contributed by atoms with E-state index in [1.165, 1.54) is 6.92 Å². The topological polar surface area (TPSA) is 73.4 Å². The monoisotopic (exact) mass is 260 g/mol. The first-order chi connectivity index (χ1) is 6.94. The second kappa shape index (κ2) is 4.20. The molecule has 0 spiro atoms. The van der Waals surface area contributed by atoms with Crippen molar-refractivity contribution >= 4 is 34.8 Å². The van der Waals surface area contributed by atoms with Gasteiger partial charge < -0.3 is 0 Å². The molecule has 15 heavy (non-hydrogen) atoms. The van der Waals surface area contributed by atoms with Crippen molar-refractivity contribution in [2.24, 2.45) is 0 Å². The fraction of sp³-hybridized carbons (Fsp3) is 0.250. The zero-order chi connectivity index (χ0) is 11.6. The highest BCUT2D eigenvalue weighted by Gasteiger charge is 2.32. The van der Waals surface area contributed by atoms with Gasteiger partial charge in [-0.05, 0) is 6.92 Å². The number of hydrogen-bond donors (Lipinski definition) is 0. The van der Waals surface area contributed by atoms with E-state index in [9.17, 15) is 0 Å². The van der Waals surface area contributed by atoms with Crippen molar-refractivity contribution in [2.45, 2.75) is 12.3 Å². The molecule has 0 saturated heterocycles. The van der Waals surface area contributed by atoms with E-state index >= 15 is 0 Å². The van der Waals surface area contributed by atoms with Gasteiger partial charge in [0.15, 0.2) is 20.9 Å². The third-order valence-corrected chi connectivity index (χ3v) is 2.58. The summed E-state index contributed by atoms with van der Waals surface area (Å²) in [5.41, 5.74) is -1.48. The van der Waals surface area contributed by atoms with Gasteiger partial charge in [0.2, 0.25) is 0 Å². The molecule has 1 rings (SSSR count). The first-order valence-electron chi connectivity index (χ1n) is 3.66. The van der Waals surface area contributed by atoms with Gasteiger partial charge in [0, 0.05) is 0 Å². The van der Waals surface area contributed by atoms with Crippen molar-refractivity contribution < 1.29 is 0 Å². The molecule has 0 saturated carbocycles. The third kappa shape index (κ3) is 2.13. The lowest BCUT2D eigenvalue weighted by Crippen LogP contribution is -2.20. The largest absolute Gasteiger partial charge is 0.232 e. The van der Waals surface area contributed by atoms with Gasteiger partial charge in [-0.15, -0.1) is 0 Å². The van der Waals surface area contributed by atoms with Crippen LogP contribution in [0.2, 0.25) is 15.5 Å². The Labute approximate surface area is 101 Å². The Morgan fingerprint density at radius 1 is 1.00 bits per heavy atom. The molecule has 0 atom stereocenters. The zero-order valence-corrected chi connectivity index (χ0v) is 9.69. The Bertz CT molecular complexity index is 472. The third-order valence-electron chi connectivity index (χ3n) is 1.69. The summed E-state index contributed by atoms with van der Waals surface area (Å²) in [4.78, 5) is 7.45. The van der Waals surface area contributed by atoms with Crippen molar-refractivity contribution in [1.82, 2.24) is 9.97 Å². The van der Waals surface area contributed by atoms with Gasteiger partial charge >= 0.3 is 0 Å². The maximum Gasteiger partial charge on any atom is 0.185 e. The van der Waals surface area contributed by atoms with E-state index < -0.39 is 5.41 Å². The second-order valence-corrected chi connectivity index (χ2v) is 3.87. The molecule has 0 radical (unpaired) electrons. The molecule has 1 aromatic heterocycles. The Balaban J connectivity index is 3.48. The lowest BCUT2D eigenvalue weighted by molar-refractivity contribution is 0.748. The predicted molar refractivity (Wildman–Crippen MR) is 55.6 cm³/mol. The maximum absolute atomic E-state index is 8.85. The Morgan fingerprint density at radius 3 is 1.93 bits per heavy atom. The standard InChI is InChI=1S/C8H3Cl3N4/c1-8(2-12,3-13)4-5(9)15-7(11)6(10)14-4/h1H3. The Morgan fingerprint density at radius 2 is 1.47 bits per heavy atom. The average molecular weight is 261 g/mol. The summed E-state index contributed by atoms with van der Waals surface area (Å²) in [5, 5.41) is 17.4. The van der Waals surface area contributed by atoms with Crippen LogP contribution in [-0.4, -0.2) is 9.97 Å². The summed E-state index contributed by atoms with van der Waals surface area (Å²) in [6.45, 7) is 1.37. The number of hydrogen-bond acceptors (Lipinski definition) is 4. The quantitative estimate of drug-likeness (QED) is 0.779. The molecule has 0 unspecified atom stereocenters. The average Bonchev–Trinajstić information content (AvgIpc) is 2.22. The molecule has 1 heterocycles. The maximum atomic E-state index is 8.85. The van der Waals surface area contributed by atoms with E-state index in [4.69, 9.17) is 45.3 Å². The molecule has 0 amide bonds. The van der Waals surface area contributed by atoms with Gasteiger partial charge in [-0.25, -0.2) is 9.97 Å². The van der Waals surface area contributed by atoms with Crippen LogP contribution in [0.1, 0.15) is 12.6 Å². The van der Waals surface area contributed by atoms with Gasteiger partial charge in [-0.3, -0.25) is 0 Å². The number of nitrogens with zero attached hydrogens (tertiary/aromatic N) is 4. The van der Waals surface area contributed by atoms with Gasteiger partial charge in [-0.1, -0.05) is 34.8 Å². The molecule has 1 aromatic rings. The molecule has 0 aromatic carbocycles. The summed E-state index contributed by atoms with van der Waals surface area (Å²) >= 11 is 16.9. The van der Waals surface area contributed by atoms with Crippen LogP contribution in [-0.2, 0) is 5.41 Å². The van der Waals surface area contributed by atoms with Gasteiger partial charge in [0.1, 0.15) is 5.69 Å². The summed E-state index contributed by atoms with van der Waals surface area (Å²) in [6.07, 6.45) is 0. The zero-order valence-electron chi connectivity index (χ0n) is 7.42. The van der Waals surface area contributed by atoms with E-state index in [0.29, 0.717) is 0 Å². The van der Waals surface area contributed by atoms with Crippen LogP contribution in [0.25, 0.3) is 0 Å². The minimum Gasteiger partial charge on any atom is -0.232 e. The van der Waals surface area contributed by atoms with Crippen LogP contribution < -0.4 is 0 Å². The molecule has 4 nitrogen and oxygen atoms in total. The van der Waals surface area contributed by atoms with Crippen LogP contribution in [0.5, 0.6) is 0 Å². The highest BCUT2D eigenvalue weighted by Crippen LogP contribution is 2.30. The Hall–Kier alpha value is -1.07. The minimum absolute atomic E-state index is 0.00330. The predicted octanol–water partition coefficient (Wildman–Crippen LogP) is 2.74. The van der Waals surface area contributed by atoms with E-state index in [1.807, 2.05) is 0 Å². The van der Waals surface area contributed by atoms with Gasteiger partial charge in [0.25, 0.3) is 0 Å². The molecule has 76 valence electrons. The summed E-state index contributed by atoms with van der Waals surface area (Å²) in [7, 11) is 0. The SMILES string of the molecule is CC(C#N)(C#N)c1nc(Cl)c(Cl)nc1Cl. The molecular weight excluding hydrogens is 258 g/mol. The van der Waals surface area contributed by atoms with E-state index in [1.54, 1.807) is 12.1 Å². The minimum atomic E-state index is -1.49. The highest BCUT2D eigenvalue weighted by atomic mass is 35.5. The lowest BCUT2D eigenvalue weighted by atomic mass is 9.91. The summed E-state index contributed by atoms with van der Waals surface area (Å²) < 4.78 is 0. The molecule has 0 aliphatic rings. The van der Waals surface area contributed by atoms with Crippen LogP contribution in [0.3, 0.4) is 0 Å². The molecular formula is C8H3Cl3N4. The highest BCUT2D eigenvalue weighted by molar-refractivity contribution is 6.41. The van der Waals surface area contributed by atoms with Crippen molar-refractivity contribution in [1.29, 1.82) is 10.5 Å². The lowest BCUT2D eigenvalue weighted by Gasteiger charge is -2.12. The van der Waals surface area contributed by atoms with Gasteiger partial charge in [-0.2, -0.15) is 10.5 Å². The van der Waals surface area contributed by atoms with Crippen molar-refractivity contribution in [3.05, 3.63) is 21.2 Å². The Kier molecular flexibility index (Phi) is 3.36. The number of nitriles is 2. The van der Waals surface area contributed by atoms with E-state index in [-0.39, 0.29) is 21.2 Å². The first kappa shape index (κ1) is 12.0. The number of aromatic nitrogens is 2. The summed E-state index contributed by atoms with van der Waals surface area (Å²) in [5.74, 6) is 0. The van der Waals surface area contributed by atoms with Crippen molar-refractivity contribution in [3.8, 4) is 12.1 Å². The van der Waals surface area contributed by atoms with E-state index in [2.05, 4.69) is 9.97 Å². The smallest absolute Gasteiger partial charge is 0.185 e. The van der Waals surface area contributed by atoms with E-state index in [0.717, 1.165) is 0 Å². The van der Waals surface area contributed by atoms with Crippen LogP contribution in [0, 0.1) is 22.7 Å².